The SMILES string of the molecule is COCCN(Cc1ccccc1)C(=O)CSc1nnc(-c2cccnc2)o1. The van der Waals surface area contributed by atoms with Crippen LogP contribution in [0.1, 0.15) is 5.56 Å². The predicted octanol–water partition coefficient (Wildman–Crippen LogP) is 2.90. The average molecular weight is 384 g/mol. The summed E-state index contributed by atoms with van der Waals surface area (Å²) < 4.78 is 10.7. The van der Waals surface area contributed by atoms with E-state index in [1.165, 1.54) is 11.8 Å². The zero-order valence-corrected chi connectivity index (χ0v) is 15.8. The van der Waals surface area contributed by atoms with Gasteiger partial charge in [-0.3, -0.25) is 9.78 Å². The van der Waals surface area contributed by atoms with Gasteiger partial charge in [0.05, 0.1) is 17.9 Å². The number of rotatable bonds is 9. The molecule has 7 nitrogen and oxygen atoms in total. The molecule has 0 saturated heterocycles. The fourth-order valence-corrected chi connectivity index (χ4v) is 3.05. The lowest BCUT2D eigenvalue weighted by atomic mass is 10.2. The Labute approximate surface area is 161 Å². The van der Waals surface area contributed by atoms with Crippen molar-refractivity contribution in [2.75, 3.05) is 26.0 Å². The third kappa shape index (κ3) is 5.63. The highest BCUT2D eigenvalue weighted by atomic mass is 32.2. The summed E-state index contributed by atoms with van der Waals surface area (Å²) in [5.41, 5.74) is 1.82. The molecule has 3 rings (SSSR count). The number of ether oxygens (including phenoxy) is 1. The first-order chi connectivity index (χ1) is 13.3. The van der Waals surface area contributed by atoms with Gasteiger partial charge in [0, 0.05) is 32.6 Å². The van der Waals surface area contributed by atoms with Gasteiger partial charge in [-0.05, 0) is 17.7 Å². The molecule has 0 N–H and O–H groups in total. The van der Waals surface area contributed by atoms with Gasteiger partial charge in [-0.15, -0.1) is 10.2 Å². The van der Waals surface area contributed by atoms with Crippen molar-refractivity contribution in [1.29, 1.82) is 0 Å². The summed E-state index contributed by atoms with van der Waals surface area (Å²) >= 11 is 1.22. The number of benzene rings is 1. The van der Waals surface area contributed by atoms with Gasteiger partial charge in [-0.25, -0.2) is 0 Å². The van der Waals surface area contributed by atoms with Crippen LogP contribution in [-0.2, 0) is 16.1 Å². The lowest BCUT2D eigenvalue weighted by molar-refractivity contribution is -0.129. The quantitative estimate of drug-likeness (QED) is 0.525. The van der Waals surface area contributed by atoms with Crippen LogP contribution in [-0.4, -0.2) is 52.0 Å². The molecule has 0 saturated carbocycles. The molecule has 1 amide bonds. The number of aromatic nitrogens is 3. The summed E-state index contributed by atoms with van der Waals surface area (Å²) in [6.07, 6.45) is 3.33. The van der Waals surface area contributed by atoms with Gasteiger partial charge in [0.1, 0.15) is 0 Å². The minimum absolute atomic E-state index is 0.0120. The van der Waals surface area contributed by atoms with Crippen molar-refractivity contribution in [2.24, 2.45) is 0 Å². The minimum atomic E-state index is -0.0120. The predicted molar refractivity (Wildman–Crippen MR) is 102 cm³/mol. The summed E-state index contributed by atoms with van der Waals surface area (Å²) in [6.45, 7) is 1.54. The maximum atomic E-state index is 12.7. The molecule has 2 aromatic heterocycles. The van der Waals surface area contributed by atoms with Crippen molar-refractivity contribution < 1.29 is 13.9 Å². The highest BCUT2D eigenvalue weighted by Gasteiger charge is 2.17. The summed E-state index contributed by atoms with van der Waals surface area (Å²) in [7, 11) is 1.62. The lowest BCUT2D eigenvalue weighted by Crippen LogP contribution is -2.34. The van der Waals surface area contributed by atoms with E-state index >= 15 is 0 Å². The molecular formula is C19H20N4O3S. The van der Waals surface area contributed by atoms with Crippen molar-refractivity contribution in [2.45, 2.75) is 11.8 Å². The molecule has 8 heteroatoms. The van der Waals surface area contributed by atoms with Crippen LogP contribution in [0.4, 0.5) is 0 Å². The number of hydrogen-bond acceptors (Lipinski definition) is 7. The van der Waals surface area contributed by atoms with E-state index in [1.54, 1.807) is 30.5 Å². The Bertz CT molecular complexity index is 842. The maximum Gasteiger partial charge on any atom is 0.277 e. The van der Waals surface area contributed by atoms with Crippen LogP contribution in [0.25, 0.3) is 11.5 Å². The Hall–Kier alpha value is -2.71. The fraction of sp³-hybridized carbons (Fsp3) is 0.263. The molecule has 0 aliphatic rings. The van der Waals surface area contributed by atoms with Crippen molar-refractivity contribution in [3.63, 3.8) is 0 Å². The summed E-state index contributed by atoms with van der Waals surface area (Å²) in [5, 5.41) is 8.35. The van der Waals surface area contributed by atoms with Crippen LogP contribution in [0.15, 0.2) is 64.5 Å². The van der Waals surface area contributed by atoms with E-state index in [4.69, 9.17) is 9.15 Å². The molecule has 0 atom stereocenters. The Morgan fingerprint density at radius 3 is 2.78 bits per heavy atom. The van der Waals surface area contributed by atoms with Crippen molar-refractivity contribution >= 4 is 17.7 Å². The Morgan fingerprint density at radius 1 is 1.19 bits per heavy atom. The number of methoxy groups -OCH3 is 1. The second kappa shape index (κ2) is 9.84. The average Bonchev–Trinajstić information content (AvgIpc) is 3.20. The molecule has 140 valence electrons. The van der Waals surface area contributed by atoms with E-state index in [0.29, 0.717) is 30.8 Å². The van der Waals surface area contributed by atoms with E-state index in [1.807, 2.05) is 36.4 Å². The Kier molecular flexibility index (Phi) is 6.95. The van der Waals surface area contributed by atoms with Gasteiger partial charge in [0.2, 0.25) is 11.8 Å². The topological polar surface area (TPSA) is 81.4 Å². The van der Waals surface area contributed by atoms with E-state index in [2.05, 4.69) is 15.2 Å². The standard InChI is InChI=1S/C19H20N4O3S/c1-25-11-10-23(13-15-6-3-2-4-7-15)17(24)14-27-19-22-21-18(26-19)16-8-5-9-20-12-16/h2-9,12H,10-11,13-14H2,1H3. The van der Waals surface area contributed by atoms with Gasteiger partial charge in [-0.2, -0.15) is 0 Å². The highest BCUT2D eigenvalue weighted by Crippen LogP contribution is 2.22. The number of carbonyl (C=O) groups excluding carboxylic acids is 1. The number of nitrogens with zero attached hydrogens (tertiary/aromatic N) is 4. The van der Waals surface area contributed by atoms with Gasteiger partial charge in [-0.1, -0.05) is 42.1 Å². The molecule has 0 radical (unpaired) electrons. The Balaban J connectivity index is 1.59. The van der Waals surface area contributed by atoms with Gasteiger partial charge in [0.15, 0.2) is 0 Å². The van der Waals surface area contributed by atoms with Crippen LogP contribution >= 0.6 is 11.8 Å². The van der Waals surface area contributed by atoms with Crippen LogP contribution in [0.2, 0.25) is 0 Å². The number of thioether (sulfide) groups is 1. The van der Waals surface area contributed by atoms with E-state index < -0.39 is 0 Å². The van der Waals surface area contributed by atoms with Crippen molar-refractivity contribution in [1.82, 2.24) is 20.1 Å². The first-order valence-corrected chi connectivity index (χ1v) is 9.42. The maximum absolute atomic E-state index is 12.7. The zero-order valence-electron chi connectivity index (χ0n) is 14.9. The van der Waals surface area contributed by atoms with Gasteiger partial charge >= 0.3 is 0 Å². The summed E-state index contributed by atoms with van der Waals surface area (Å²) in [5.74, 6) is 0.589. The van der Waals surface area contributed by atoms with E-state index in [9.17, 15) is 4.79 Å². The van der Waals surface area contributed by atoms with Gasteiger partial charge in [0.25, 0.3) is 5.22 Å². The van der Waals surface area contributed by atoms with Gasteiger partial charge < -0.3 is 14.1 Å². The first-order valence-electron chi connectivity index (χ1n) is 8.43. The third-order valence-electron chi connectivity index (χ3n) is 3.77. The minimum Gasteiger partial charge on any atom is -0.411 e. The Morgan fingerprint density at radius 2 is 2.04 bits per heavy atom. The summed E-state index contributed by atoms with van der Waals surface area (Å²) in [6, 6.07) is 13.5. The number of pyridine rings is 1. The molecule has 0 bridgehead atoms. The van der Waals surface area contributed by atoms with Crippen LogP contribution in [0.3, 0.4) is 0 Å². The molecule has 1 aromatic carbocycles. The molecule has 0 aliphatic heterocycles. The monoisotopic (exact) mass is 384 g/mol. The van der Waals surface area contributed by atoms with Crippen LogP contribution in [0, 0.1) is 0 Å². The molecule has 2 heterocycles. The molecule has 0 fully saturated rings. The second-order valence-electron chi connectivity index (χ2n) is 5.70. The number of hydrogen-bond donors (Lipinski definition) is 0. The second-order valence-corrected chi connectivity index (χ2v) is 6.62. The normalized spacial score (nSPS) is 10.7. The smallest absolute Gasteiger partial charge is 0.277 e. The van der Waals surface area contributed by atoms with E-state index in [-0.39, 0.29) is 11.7 Å². The van der Waals surface area contributed by atoms with E-state index in [0.717, 1.165) is 11.1 Å². The van der Waals surface area contributed by atoms with Crippen LogP contribution in [0.5, 0.6) is 0 Å². The molecular weight excluding hydrogens is 364 g/mol. The molecule has 27 heavy (non-hydrogen) atoms. The molecule has 3 aromatic rings. The zero-order chi connectivity index (χ0) is 18.9. The fourth-order valence-electron chi connectivity index (χ4n) is 2.39. The third-order valence-corrected chi connectivity index (χ3v) is 4.57. The molecule has 0 aliphatic carbocycles. The molecule has 0 spiro atoms. The molecule has 0 unspecified atom stereocenters. The van der Waals surface area contributed by atoms with Crippen molar-refractivity contribution in [3.8, 4) is 11.5 Å². The summed E-state index contributed by atoms with van der Waals surface area (Å²) in [4.78, 5) is 18.5. The lowest BCUT2D eigenvalue weighted by Gasteiger charge is -2.22. The van der Waals surface area contributed by atoms with Crippen molar-refractivity contribution in [3.05, 3.63) is 60.4 Å². The van der Waals surface area contributed by atoms with Crippen LogP contribution < -0.4 is 0 Å². The number of amides is 1. The highest BCUT2D eigenvalue weighted by molar-refractivity contribution is 7.99. The first kappa shape index (κ1) is 19.1. The number of carbonyl (C=O) groups is 1. The largest absolute Gasteiger partial charge is 0.411 e.